The van der Waals surface area contributed by atoms with Crippen molar-refractivity contribution in [1.29, 1.82) is 0 Å². The van der Waals surface area contributed by atoms with Crippen molar-refractivity contribution in [3.63, 3.8) is 0 Å². The minimum atomic E-state index is -0.729. The molecule has 19 heavy (non-hydrogen) atoms. The third kappa shape index (κ3) is 2.63. The number of β-amino-alcohol motifs (C(OH)–C–C–N with tert-alkyl or cyclic N) is 1. The lowest BCUT2D eigenvalue weighted by Crippen LogP contribution is -2.32. The van der Waals surface area contributed by atoms with Crippen molar-refractivity contribution in [1.82, 2.24) is 4.90 Å². The van der Waals surface area contributed by atoms with Crippen LogP contribution in [0.5, 0.6) is 5.75 Å². The van der Waals surface area contributed by atoms with Gasteiger partial charge in [0.15, 0.2) is 0 Å². The maximum Gasteiger partial charge on any atom is 0.125 e. The Hall–Kier alpha value is -1.06. The van der Waals surface area contributed by atoms with Crippen LogP contribution in [0.3, 0.4) is 0 Å². The van der Waals surface area contributed by atoms with Crippen LogP contribution in [0.4, 0.5) is 0 Å². The molecule has 0 radical (unpaired) electrons. The zero-order chi connectivity index (χ0) is 13.3. The summed E-state index contributed by atoms with van der Waals surface area (Å²) in [5, 5.41) is 11.0. The second-order valence-corrected chi connectivity index (χ2v) is 5.83. The van der Waals surface area contributed by atoms with Gasteiger partial charge in [0, 0.05) is 24.7 Å². The van der Waals surface area contributed by atoms with Gasteiger partial charge in [-0.25, -0.2) is 0 Å². The highest BCUT2D eigenvalue weighted by Crippen LogP contribution is 2.41. The molecule has 2 fully saturated rings. The molecule has 0 aromatic heterocycles. The first-order chi connectivity index (χ1) is 9.23. The quantitative estimate of drug-likeness (QED) is 0.884. The molecule has 1 N–H and O–H groups in total. The number of benzene rings is 1. The van der Waals surface area contributed by atoms with E-state index in [0.29, 0.717) is 6.61 Å². The second-order valence-electron chi connectivity index (χ2n) is 5.83. The lowest BCUT2D eigenvalue weighted by Gasteiger charge is -2.26. The fourth-order valence-corrected chi connectivity index (χ4v) is 2.98. The summed E-state index contributed by atoms with van der Waals surface area (Å²) in [6.07, 6.45) is 4.39. The van der Waals surface area contributed by atoms with Gasteiger partial charge in [0.05, 0.1) is 6.61 Å². The third-order valence-electron chi connectivity index (χ3n) is 4.19. The van der Waals surface area contributed by atoms with Gasteiger partial charge in [0.1, 0.15) is 11.4 Å². The summed E-state index contributed by atoms with van der Waals surface area (Å²) in [6, 6.07) is 8.68. The van der Waals surface area contributed by atoms with Crippen LogP contribution in [0.15, 0.2) is 24.3 Å². The first kappa shape index (κ1) is 12.9. The van der Waals surface area contributed by atoms with Crippen molar-refractivity contribution in [3.8, 4) is 5.75 Å². The van der Waals surface area contributed by atoms with Crippen molar-refractivity contribution in [2.45, 2.75) is 44.2 Å². The molecule has 3 nitrogen and oxygen atoms in total. The van der Waals surface area contributed by atoms with E-state index in [-0.39, 0.29) is 0 Å². The van der Waals surface area contributed by atoms with E-state index < -0.39 is 5.60 Å². The van der Waals surface area contributed by atoms with Crippen LogP contribution in [0.25, 0.3) is 0 Å². The van der Waals surface area contributed by atoms with Gasteiger partial charge in [0.2, 0.25) is 0 Å². The number of hydrogen-bond donors (Lipinski definition) is 1. The summed E-state index contributed by atoms with van der Waals surface area (Å²) in [5.41, 5.74) is 0.235. The minimum Gasteiger partial charge on any atom is -0.493 e. The van der Waals surface area contributed by atoms with Crippen molar-refractivity contribution in [2.75, 3.05) is 19.7 Å². The molecular weight excluding hydrogens is 238 g/mol. The first-order valence-electron chi connectivity index (χ1n) is 7.42. The third-order valence-corrected chi connectivity index (χ3v) is 4.19. The average Bonchev–Trinajstić information content (AvgIpc) is 3.20. The van der Waals surface area contributed by atoms with E-state index >= 15 is 0 Å². The zero-order valence-electron chi connectivity index (χ0n) is 11.6. The van der Waals surface area contributed by atoms with Gasteiger partial charge in [-0.3, -0.25) is 4.90 Å². The molecule has 1 saturated heterocycles. The molecule has 1 unspecified atom stereocenters. The van der Waals surface area contributed by atoms with Gasteiger partial charge in [-0.15, -0.1) is 0 Å². The molecule has 1 aliphatic heterocycles. The summed E-state index contributed by atoms with van der Waals surface area (Å²) >= 11 is 0. The van der Waals surface area contributed by atoms with Crippen LogP contribution >= 0.6 is 0 Å². The second kappa shape index (κ2) is 5.14. The molecule has 0 amide bonds. The highest BCUT2D eigenvalue weighted by atomic mass is 16.5. The molecule has 2 aliphatic rings. The van der Waals surface area contributed by atoms with Crippen molar-refractivity contribution in [3.05, 3.63) is 29.8 Å². The van der Waals surface area contributed by atoms with Gasteiger partial charge in [-0.2, -0.15) is 0 Å². The van der Waals surface area contributed by atoms with E-state index in [1.54, 1.807) is 0 Å². The van der Waals surface area contributed by atoms with E-state index in [2.05, 4.69) is 11.8 Å². The van der Waals surface area contributed by atoms with Gasteiger partial charge in [0.25, 0.3) is 0 Å². The molecule has 3 rings (SSSR count). The largest absolute Gasteiger partial charge is 0.493 e. The predicted octanol–water partition coefficient (Wildman–Crippen LogP) is 2.53. The number of aliphatic hydroxyl groups is 1. The van der Waals surface area contributed by atoms with Crippen molar-refractivity contribution >= 4 is 0 Å². The predicted molar refractivity (Wildman–Crippen MR) is 75.3 cm³/mol. The molecule has 1 aliphatic carbocycles. The fraction of sp³-hybridized carbons (Fsp3) is 0.625. The Balaban J connectivity index is 1.80. The lowest BCUT2D eigenvalue weighted by molar-refractivity contribution is 0.0421. The van der Waals surface area contributed by atoms with E-state index in [9.17, 15) is 5.11 Å². The smallest absolute Gasteiger partial charge is 0.125 e. The molecule has 0 bridgehead atoms. The molecule has 1 aromatic rings. The SMILES string of the molecule is CCCOc1ccccc1C1(O)CCN(C2CC2)C1. The van der Waals surface area contributed by atoms with Crippen LogP contribution in [0, 0.1) is 0 Å². The molecule has 104 valence electrons. The van der Waals surface area contributed by atoms with Crippen LogP contribution < -0.4 is 4.74 Å². The average molecular weight is 261 g/mol. The number of hydrogen-bond acceptors (Lipinski definition) is 3. The Morgan fingerprint density at radius 2 is 2.16 bits per heavy atom. The zero-order valence-corrected chi connectivity index (χ0v) is 11.6. The highest BCUT2D eigenvalue weighted by molar-refractivity contribution is 5.39. The van der Waals surface area contributed by atoms with Gasteiger partial charge in [-0.1, -0.05) is 25.1 Å². The van der Waals surface area contributed by atoms with Crippen molar-refractivity contribution < 1.29 is 9.84 Å². The number of para-hydroxylation sites is 1. The highest BCUT2D eigenvalue weighted by Gasteiger charge is 2.44. The van der Waals surface area contributed by atoms with E-state index in [4.69, 9.17) is 4.74 Å². The standard InChI is InChI=1S/C16H23NO2/c1-2-11-19-15-6-4-3-5-14(15)16(18)9-10-17(12-16)13-7-8-13/h3-6,13,18H,2,7-12H2,1H3. The molecule has 1 aromatic carbocycles. The van der Waals surface area contributed by atoms with Crippen molar-refractivity contribution in [2.24, 2.45) is 0 Å². The van der Waals surface area contributed by atoms with E-state index in [0.717, 1.165) is 43.3 Å². The van der Waals surface area contributed by atoms with Crippen LogP contribution in [0.1, 0.15) is 38.2 Å². The summed E-state index contributed by atoms with van der Waals surface area (Å²) in [5.74, 6) is 0.851. The van der Waals surface area contributed by atoms with Gasteiger partial charge in [-0.05, 0) is 31.7 Å². The molecule has 3 heteroatoms. The Morgan fingerprint density at radius 1 is 1.37 bits per heavy atom. The van der Waals surface area contributed by atoms with E-state index in [1.165, 1.54) is 12.8 Å². The first-order valence-corrected chi connectivity index (χ1v) is 7.42. The Morgan fingerprint density at radius 3 is 2.89 bits per heavy atom. The number of rotatable bonds is 5. The molecule has 1 saturated carbocycles. The normalized spacial score (nSPS) is 27.7. The summed E-state index contributed by atoms with van der Waals surface area (Å²) in [6.45, 7) is 4.56. The molecular formula is C16H23NO2. The summed E-state index contributed by atoms with van der Waals surface area (Å²) in [4.78, 5) is 2.43. The maximum absolute atomic E-state index is 11.0. The van der Waals surface area contributed by atoms with Crippen LogP contribution in [0.2, 0.25) is 0 Å². The fourth-order valence-electron chi connectivity index (χ4n) is 2.98. The topological polar surface area (TPSA) is 32.7 Å². The Kier molecular flexibility index (Phi) is 3.50. The molecule has 1 atom stereocenters. The lowest BCUT2D eigenvalue weighted by atomic mass is 9.92. The molecule has 0 spiro atoms. The minimum absolute atomic E-state index is 0.708. The van der Waals surface area contributed by atoms with Gasteiger partial charge >= 0.3 is 0 Å². The Labute approximate surface area is 115 Å². The van der Waals surface area contributed by atoms with Crippen LogP contribution in [-0.2, 0) is 5.60 Å². The molecule has 1 heterocycles. The number of ether oxygens (including phenoxy) is 1. The number of likely N-dealkylation sites (tertiary alicyclic amines) is 1. The summed E-state index contributed by atoms with van der Waals surface area (Å²) in [7, 11) is 0. The van der Waals surface area contributed by atoms with E-state index in [1.807, 2.05) is 24.3 Å². The Bertz CT molecular complexity index is 444. The summed E-state index contributed by atoms with van der Waals surface area (Å²) < 4.78 is 5.80. The van der Waals surface area contributed by atoms with Gasteiger partial charge < -0.3 is 9.84 Å². The van der Waals surface area contributed by atoms with Crippen LogP contribution in [-0.4, -0.2) is 35.7 Å². The number of nitrogens with zero attached hydrogens (tertiary/aromatic N) is 1. The monoisotopic (exact) mass is 261 g/mol. The maximum atomic E-state index is 11.0.